The van der Waals surface area contributed by atoms with E-state index < -0.39 is 0 Å². The van der Waals surface area contributed by atoms with Crippen molar-refractivity contribution in [1.82, 2.24) is 10.9 Å². The summed E-state index contributed by atoms with van der Waals surface area (Å²) in [5.74, 6) is 0.897. The third kappa shape index (κ3) is 5.88. The summed E-state index contributed by atoms with van der Waals surface area (Å²) in [6.45, 7) is 5.75. The number of carbonyl (C=O) groups is 2. The van der Waals surface area contributed by atoms with Crippen LogP contribution in [0, 0.1) is 0 Å². The number of para-hydroxylation sites is 1. The van der Waals surface area contributed by atoms with Crippen molar-refractivity contribution in [2.45, 2.75) is 12.8 Å². The molecule has 8 heteroatoms. The summed E-state index contributed by atoms with van der Waals surface area (Å²) in [5.41, 5.74) is 7.07. The first-order valence-electron chi connectivity index (χ1n) is 10.8. The van der Waals surface area contributed by atoms with Crippen LogP contribution in [0.2, 0.25) is 0 Å². The maximum Gasteiger partial charge on any atom is 0.244 e. The molecular formula is C23H29N4O4+. The van der Waals surface area contributed by atoms with E-state index in [1.165, 1.54) is 10.6 Å². The molecule has 0 atom stereocenters. The maximum atomic E-state index is 12.2. The van der Waals surface area contributed by atoms with Gasteiger partial charge in [-0.1, -0.05) is 24.3 Å². The van der Waals surface area contributed by atoms with Gasteiger partial charge in [0.15, 0.2) is 11.5 Å². The number of benzene rings is 2. The topological polar surface area (TPSA) is 84.3 Å². The fraction of sp³-hybridized carbons (Fsp3) is 0.391. The molecule has 2 aromatic rings. The molecule has 2 aliphatic rings. The number of piperazine rings is 1. The molecule has 0 radical (unpaired) electrons. The molecule has 3 N–H and O–H groups in total. The Bertz CT molecular complexity index is 898. The minimum Gasteiger partial charge on any atom is -0.486 e. The molecule has 2 heterocycles. The van der Waals surface area contributed by atoms with E-state index in [1.807, 2.05) is 12.1 Å². The summed E-state index contributed by atoms with van der Waals surface area (Å²) in [7, 11) is 0. The molecule has 0 aromatic heterocycles. The fourth-order valence-electron chi connectivity index (χ4n) is 3.89. The lowest BCUT2D eigenvalue weighted by Crippen LogP contribution is -3.15. The normalized spacial score (nSPS) is 15.9. The largest absolute Gasteiger partial charge is 0.486 e. The van der Waals surface area contributed by atoms with Gasteiger partial charge in [0.2, 0.25) is 11.8 Å². The summed E-state index contributed by atoms with van der Waals surface area (Å²) < 4.78 is 11.0. The first kappa shape index (κ1) is 21.0. The van der Waals surface area contributed by atoms with Crippen molar-refractivity contribution < 1.29 is 24.0 Å². The molecular weight excluding hydrogens is 396 g/mol. The van der Waals surface area contributed by atoms with Gasteiger partial charge in [0.1, 0.15) is 13.2 Å². The second-order valence-corrected chi connectivity index (χ2v) is 7.82. The summed E-state index contributed by atoms with van der Waals surface area (Å²) in [4.78, 5) is 28.1. The van der Waals surface area contributed by atoms with E-state index in [-0.39, 0.29) is 18.2 Å². The van der Waals surface area contributed by atoms with Crippen molar-refractivity contribution in [2.24, 2.45) is 0 Å². The van der Waals surface area contributed by atoms with Crippen LogP contribution in [0.5, 0.6) is 11.5 Å². The summed E-state index contributed by atoms with van der Waals surface area (Å²) in [5, 5.41) is 0. The molecule has 1 saturated heterocycles. The standard InChI is InChI=1S/C23H28N4O4/c28-22(8-9-26-10-12-27(13-11-26)19-4-2-1-3-5-19)24-25-23(29)17-18-6-7-20-21(16-18)31-15-14-30-20/h1-7,16H,8-15,17H2,(H,24,28)(H,25,29)/p+1. The van der Waals surface area contributed by atoms with Crippen molar-refractivity contribution in [1.29, 1.82) is 0 Å². The molecule has 2 aliphatic heterocycles. The molecule has 4 rings (SSSR count). The van der Waals surface area contributed by atoms with Crippen LogP contribution in [-0.2, 0) is 16.0 Å². The number of carbonyl (C=O) groups excluding carboxylic acids is 2. The molecule has 31 heavy (non-hydrogen) atoms. The van der Waals surface area contributed by atoms with Gasteiger partial charge in [-0.3, -0.25) is 20.4 Å². The lowest BCUT2D eigenvalue weighted by Gasteiger charge is -2.33. The molecule has 2 aromatic carbocycles. The number of ether oxygens (including phenoxy) is 2. The van der Waals surface area contributed by atoms with Gasteiger partial charge in [-0.15, -0.1) is 0 Å². The van der Waals surface area contributed by atoms with E-state index in [4.69, 9.17) is 9.47 Å². The number of hydrazine groups is 1. The maximum absolute atomic E-state index is 12.2. The minimum absolute atomic E-state index is 0.156. The zero-order valence-corrected chi connectivity index (χ0v) is 17.6. The van der Waals surface area contributed by atoms with E-state index in [1.54, 1.807) is 12.1 Å². The highest BCUT2D eigenvalue weighted by atomic mass is 16.6. The Balaban J connectivity index is 1.13. The second-order valence-electron chi connectivity index (χ2n) is 7.82. The molecule has 0 unspecified atom stereocenters. The Morgan fingerprint density at radius 3 is 2.39 bits per heavy atom. The quantitative estimate of drug-likeness (QED) is 0.565. The molecule has 0 spiro atoms. The number of anilines is 1. The number of quaternary nitrogens is 1. The van der Waals surface area contributed by atoms with Gasteiger partial charge < -0.3 is 19.3 Å². The number of rotatable bonds is 6. The van der Waals surface area contributed by atoms with E-state index in [0.717, 1.165) is 38.3 Å². The van der Waals surface area contributed by atoms with Crippen LogP contribution >= 0.6 is 0 Å². The summed E-state index contributed by atoms with van der Waals surface area (Å²) >= 11 is 0. The van der Waals surface area contributed by atoms with Gasteiger partial charge in [0, 0.05) is 5.69 Å². The van der Waals surface area contributed by atoms with Crippen molar-refractivity contribution >= 4 is 17.5 Å². The van der Waals surface area contributed by atoms with Gasteiger partial charge in [-0.05, 0) is 29.8 Å². The number of amides is 2. The van der Waals surface area contributed by atoms with E-state index in [9.17, 15) is 9.59 Å². The third-order valence-electron chi connectivity index (χ3n) is 5.61. The molecule has 2 amide bonds. The first-order valence-corrected chi connectivity index (χ1v) is 10.8. The van der Waals surface area contributed by atoms with Crippen molar-refractivity contribution in [3.05, 3.63) is 54.1 Å². The predicted molar refractivity (Wildman–Crippen MR) is 116 cm³/mol. The van der Waals surface area contributed by atoms with Gasteiger partial charge >= 0.3 is 0 Å². The lowest BCUT2D eigenvalue weighted by molar-refractivity contribution is -0.900. The van der Waals surface area contributed by atoms with Crippen molar-refractivity contribution in [2.75, 3.05) is 50.8 Å². The number of hydrogen-bond donors (Lipinski definition) is 3. The van der Waals surface area contributed by atoms with Crippen LogP contribution in [0.1, 0.15) is 12.0 Å². The Labute approximate surface area is 182 Å². The van der Waals surface area contributed by atoms with Crippen LogP contribution in [0.15, 0.2) is 48.5 Å². The minimum atomic E-state index is -0.270. The second kappa shape index (κ2) is 10.2. The molecule has 8 nitrogen and oxygen atoms in total. The van der Waals surface area contributed by atoms with Crippen LogP contribution in [-0.4, -0.2) is 57.8 Å². The van der Waals surface area contributed by atoms with Gasteiger partial charge in [-0.2, -0.15) is 0 Å². The first-order chi connectivity index (χ1) is 15.2. The fourth-order valence-corrected chi connectivity index (χ4v) is 3.89. The highest BCUT2D eigenvalue weighted by Gasteiger charge is 2.21. The Hall–Kier alpha value is -3.26. The average Bonchev–Trinajstić information content (AvgIpc) is 2.82. The zero-order chi connectivity index (χ0) is 21.5. The predicted octanol–water partition coefficient (Wildman–Crippen LogP) is -0.0571. The molecule has 0 aliphatic carbocycles. The molecule has 1 fully saturated rings. The summed E-state index contributed by atoms with van der Waals surface area (Å²) in [6.07, 6.45) is 0.536. The summed E-state index contributed by atoms with van der Waals surface area (Å²) in [6, 6.07) is 15.8. The van der Waals surface area contributed by atoms with Crippen LogP contribution in [0.25, 0.3) is 0 Å². The number of fused-ring (bicyclic) bond motifs is 1. The van der Waals surface area contributed by atoms with Gasteiger partial charge in [0.05, 0.1) is 45.6 Å². The average molecular weight is 426 g/mol. The van der Waals surface area contributed by atoms with E-state index in [0.29, 0.717) is 31.1 Å². The van der Waals surface area contributed by atoms with E-state index >= 15 is 0 Å². The van der Waals surface area contributed by atoms with Crippen LogP contribution < -0.4 is 30.1 Å². The van der Waals surface area contributed by atoms with Gasteiger partial charge in [0.25, 0.3) is 0 Å². The molecule has 0 saturated carbocycles. The Morgan fingerprint density at radius 2 is 1.61 bits per heavy atom. The van der Waals surface area contributed by atoms with Crippen molar-refractivity contribution in [3.8, 4) is 11.5 Å². The van der Waals surface area contributed by atoms with Crippen LogP contribution in [0.4, 0.5) is 5.69 Å². The number of nitrogens with zero attached hydrogens (tertiary/aromatic N) is 1. The van der Waals surface area contributed by atoms with Crippen LogP contribution in [0.3, 0.4) is 0 Å². The zero-order valence-electron chi connectivity index (χ0n) is 17.6. The lowest BCUT2D eigenvalue weighted by atomic mass is 10.1. The number of hydrogen-bond acceptors (Lipinski definition) is 5. The van der Waals surface area contributed by atoms with E-state index in [2.05, 4.69) is 40.0 Å². The highest BCUT2D eigenvalue weighted by Crippen LogP contribution is 2.30. The smallest absolute Gasteiger partial charge is 0.244 e. The monoisotopic (exact) mass is 425 g/mol. The Morgan fingerprint density at radius 1 is 0.903 bits per heavy atom. The number of nitrogens with one attached hydrogen (secondary N) is 3. The third-order valence-corrected chi connectivity index (χ3v) is 5.61. The highest BCUT2D eigenvalue weighted by molar-refractivity contribution is 5.83. The van der Waals surface area contributed by atoms with Crippen molar-refractivity contribution in [3.63, 3.8) is 0 Å². The molecule has 0 bridgehead atoms. The Kier molecular flexibility index (Phi) is 6.89. The van der Waals surface area contributed by atoms with Gasteiger partial charge in [-0.25, -0.2) is 0 Å². The SMILES string of the molecule is O=C(CC[NH+]1CCN(c2ccccc2)CC1)NNC(=O)Cc1ccc2c(c1)OCCO2. The molecule has 164 valence electrons.